The van der Waals surface area contributed by atoms with Crippen molar-refractivity contribution < 1.29 is 14.8 Å². The Hall–Kier alpha value is -0.930. The third-order valence-corrected chi connectivity index (χ3v) is 1.83. The van der Waals surface area contributed by atoms with E-state index >= 15 is 0 Å². The highest BCUT2D eigenvalue weighted by molar-refractivity contribution is 5.15. The molecule has 13 heavy (non-hydrogen) atoms. The summed E-state index contributed by atoms with van der Waals surface area (Å²) in [5, 5.41) is 10.9. The number of quaternary nitrogens is 1. The van der Waals surface area contributed by atoms with Crippen molar-refractivity contribution in [3.05, 3.63) is 35.6 Å². The molecule has 0 aliphatic heterocycles. The van der Waals surface area contributed by atoms with E-state index in [2.05, 4.69) is 0 Å². The maximum Gasteiger partial charge on any atom is 0.132 e. The summed E-state index contributed by atoms with van der Waals surface area (Å²) in [5.41, 5.74) is 0.683. The molecule has 0 amide bonds. The molecule has 0 saturated carbocycles. The van der Waals surface area contributed by atoms with Crippen LogP contribution in [-0.2, 0) is 6.54 Å². The van der Waals surface area contributed by atoms with Gasteiger partial charge in [-0.25, -0.2) is 4.39 Å². The maximum atomic E-state index is 13.0. The number of nitrogens with two attached hydrogens (primary N) is 1. The first-order valence-electron chi connectivity index (χ1n) is 4.43. The smallest absolute Gasteiger partial charge is 0.132 e. The van der Waals surface area contributed by atoms with Crippen LogP contribution in [0, 0.1) is 5.82 Å². The molecular weight excluding hydrogens is 169 g/mol. The van der Waals surface area contributed by atoms with Crippen molar-refractivity contribution in [3.63, 3.8) is 0 Å². The van der Waals surface area contributed by atoms with E-state index < -0.39 is 0 Å². The van der Waals surface area contributed by atoms with Gasteiger partial charge in [-0.1, -0.05) is 18.2 Å². The lowest BCUT2D eigenvalue weighted by atomic mass is 10.2. The Morgan fingerprint density at radius 3 is 2.77 bits per heavy atom. The van der Waals surface area contributed by atoms with E-state index in [0.29, 0.717) is 18.7 Å². The van der Waals surface area contributed by atoms with Crippen LogP contribution < -0.4 is 5.32 Å². The van der Waals surface area contributed by atoms with Crippen LogP contribution in [0.1, 0.15) is 12.5 Å². The quantitative estimate of drug-likeness (QED) is 0.692. The van der Waals surface area contributed by atoms with Gasteiger partial charge >= 0.3 is 0 Å². The minimum Gasteiger partial charge on any atom is -0.388 e. The van der Waals surface area contributed by atoms with Gasteiger partial charge in [0.1, 0.15) is 18.9 Å². The van der Waals surface area contributed by atoms with Gasteiger partial charge < -0.3 is 10.4 Å². The molecule has 0 radical (unpaired) electrons. The average Bonchev–Trinajstić information content (AvgIpc) is 2.08. The summed E-state index contributed by atoms with van der Waals surface area (Å²) in [6.07, 6.45) is -0.341. The number of hydrogen-bond donors (Lipinski definition) is 2. The minimum absolute atomic E-state index is 0.177. The fraction of sp³-hybridized carbons (Fsp3) is 0.400. The molecular formula is C10H15FNO+. The van der Waals surface area contributed by atoms with E-state index in [9.17, 15) is 4.39 Å². The molecule has 0 spiro atoms. The number of hydrogen-bond acceptors (Lipinski definition) is 1. The molecule has 1 aromatic carbocycles. The monoisotopic (exact) mass is 184 g/mol. The van der Waals surface area contributed by atoms with E-state index in [0.717, 1.165) is 0 Å². The summed E-state index contributed by atoms with van der Waals surface area (Å²) in [6, 6.07) is 6.70. The van der Waals surface area contributed by atoms with Crippen molar-refractivity contribution in [1.29, 1.82) is 0 Å². The van der Waals surface area contributed by atoms with Crippen LogP contribution in [0.25, 0.3) is 0 Å². The minimum atomic E-state index is -0.341. The second kappa shape index (κ2) is 4.94. The van der Waals surface area contributed by atoms with E-state index in [1.54, 1.807) is 19.1 Å². The molecule has 0 bridgehead atoms. The highest BCUT2D eigenvalue weighted by atomic mass is 19.1. The summed E-state index contributed by atoms with van der Waals surface area (Å²) in [7, 11) is 0. The van der Waals surface area contributed by atoms with Gasteiger partial charge in [0, 0.05) is 5.56 Å². The molecule has 3 N–H and O–H groups in total. The second-order valence-electron chi connectivity index (χ2n) is 3.17. The van der Waals surface area contributed by atoms with E-state index in [1.807, 2.05) is 11.4 Å². The van der Waals surface area contributed by atoms with E-state index in [4.69, 9.17) is 5.11 Å². The Kier molecular flexibility index (Phi) is 3.86. The van der Waals surface area contributed by atoms with Gasteiger partial charge in [-0.15, -0.1) is 0 Å². The Morgan fingerprint density at radius 2 is 2.15 bits per heavy atom. The predicted molar refractivity (Wildman–Crippen MR) is 48.6 cm³/mol. The molecule has 0 aromatic heterocycles. The molecule has 1 rings (SSSR count). The summed E-state index contributed by atoms with van der Waals surface area (Å²) in [5.74, 6) is -0.177. The van der Waals surface area contributed by atoms with Gasteiger partial charge in [0.2, 0.25) is 0 Å². The Morgan fingerprint density at radius 1 is 1.46 bits per heavy atom. The zero-order valence-electron chi connectivity index (χ0n) is 7.70. The number of aliphatic hydroxyl groups is 1. The van der Waals surface area contributed by atoms with Gasteiger partial charge in [0.25, 0.3) is 0 Å². The maximum absolute atomic E-state index is 13.0. The third kappa shape index (κ3) is 3.53. The molecule has 2 nitrogen and oxygen atoms in total. The lowest BCUT2D eigenvalue weighted by molar-refractivity contribution is -0.676. The SMILES string of the molecule is C[C@H](O)C[NH2+]Cc1ccccc1F. The first-order valence-corrected chi connectivity index (χ1v) is 4.43. The van der Waals surface area contributed by atoms with Crippen LogP contribution in [0.3, 0.4) is 0 Å². The molecule has 0 heterocycles. The Balaban J connectivity index is 2.41. The molecule has 0 saturated heterocycles. The topological polar surface area (TPSA) is 36.8 Å². The molecule has 1 aromatic rings. The lowest BCUT2D eigenvalue weighted by Gasteiger charge is -2.04. The standard InChI is InChI=1S/C10H14FNO/c1-8(13)6-12-7-9-4-2-3-5-10(9)11/h2-5,8,12-13H,6-7H2,1H3/p+1/t8-/m0/s1. The van der Waals surface area contributed by atoms with Gasteiger partial charge in [0.15, 0.2) is 0 Å². The second-order valence-corrected chi connectivity index (χ2v) is 3.17. The fourth-order valence-corrected chi connectivity index (χ4v) is 1.14. The van der Waals surface area contributed by atoms with E-state index in [-0.39, 0.29) is 11.9 Å². The van der Waals surface area contributed by atoms with Crippen LogP contribution in [-0.4, -0.2) is 17.8 Å². The zero-order chi connectivity index (χ0) is 9.68. The van der Waals surface area contributed by atoms with Crippen LogP contribution in [0.2, 0.25) is 0 Å². The molecule has 0 fully saturated rings. The normalized spacial score (nSPS) is 12.8. The number of aliphatic hydroxyl groups excluding tert-OH is 1. The van der Waals surface area contributed by atoms with Crippen LogP contribution in [0.5, 0.6) is 0 Å². The van der Waals surface area contributed by atoms with Gasteiger partial charge in [-0.05, 0) is 13.0 Å². The third-order valence-electron chi connectivity index (χ3n) is 1.83. The van der Waals surface area contributed by atoms with E-state index in [1.165, 1.54) is 6.07 Å². The molecule has 0 unspecified atom stereocenters. The number of rotatable bonds is 4. The molecule has 0 aliphatic carbocycles. The van der Waals surface area contributed by atoms with Crippen LogP contribution in [0.4, 0.5) is 4.39 Å². The molecule has 0 aliphatic rings. The molecule has 3 heteroatoms. The Labute approximate surface area is 77.4 Å². The van der Waals surface area contributed by atoms with Crippen LogP contribution >= 0.6 is 0 Å². The average molecular weight is 184 g/mol. The largest absolute Gasteiger partial charge is 0.388 e. The summed E-state index contributed by atoms with van der Waals surface area (Å²) < 4.78 is 13.0. The number of halogens is 1. The van der Waals surface area contributed by atoms with Crippen molar-refractivity contribution in [1.82, 2.24) is 0 Å². The first kappa shape index (κ1) is 10.2. The predicted octanol–water partition coefficient (Wildman–Crippen LogP) is 0.270. The van der Waals surface area contributed by atoms with Gasteiger partial charge in [0.05, 0.1) is 6.10 Å². The summed E-state index contributed by atoms with van der Waals surface area (Å²) in [4.78, 5) is 0. The van der Waals surface area contributed by atoms with Crippen molar-refractivity contribution >= 4 is 0 Å². The summed E-state index contributed by atoms with van der Waals surface area (Å²) in [6.45, 7) is 2.91. The first-order chi connectivity index (χ1) is 6.20. The highest BCUT2D eigenvalue weighted by Gasteiger charge is 2.03. The van der Waals surface area contributed by atoms with Crippen molar-refractivity contribution in [2.45, 2.75) is 19.6 Å². The van der Waals surface area contributed by atoms with Gasteiger partial charge in [-0.2, -0.15) is 0 Å². The number of benzene rings is 1. The zero-order valence-corrected chi connectivity index (χ0v) is 7.70. The lowest BCUT2D eigenvalue weighted by Crippen LogP contribution is -2.84. The van der Waals surface area contributed by atoms with Crippen molar-refractivity contribution in [3.8, 4) is 0 Å². The fourth-order valence-electron chi connectivity index (χ4n) is 1.14. The van der Waals surface area contributed by atoms with Gasteiger partial charge in [-0.3, -0.25) is 0 Å². The molecule has 72 valence electrons. The van der Waals surface area contributed by atoms with Crippen LogP contribution in [0.15, 0.2) is 24.3 Å². The van der Waals surface area contributed by atoms with Crippen molar-refractivity contribution in [2.75, 3.05) is 6.54 Å². The highest BCUT2D eigenvalue weighted by Crippen LogP contribution is 2.03. The molecule has 1 atom stereocenters. The van der Waals surface area contributed by atoms with Crippen molar-refractivity contribution in [2.24, 2.45) is 0 Å². The Bertz CT molecular complexity index is 263. The summed E-state index contributed by atoms with van der Waals surface area (Å²) >= 11 is 0.